The van der Waals surface area contributed by atoms with E-state index >= 15 is 0 Å². The molecule has 1 unspecified atom stereocenters. The van der Waals surface area contributed by atoms with Crippen molar-refractivity contribution in [2.45, 2.75) is 25.5 Å². The lowest BCUT2D eigenvalue weighted by Gasteiger charge is -2.15. The van der Waals surface area contributed by atoms with E-state index in [1.54, 1.807) is 27.0 Å². The van der Waals surface area contributed by atoms with Gasteiger partial charge < -0.3 is 5.73 Å². The highest BCUT2D eigenvalue weighted by molar-refractivity contribution is 7.95. The van der Waals surface area contributed by atoms with Gasteiger partial charge in [0.05, 0.1) is 10.7 Å². The molecule has 0 saturated heterocycles. The minimum atomic E-state index is -3.61. The summed E-state index contributed by atoms with van der Waals surface area (Å²) >= 11 is 4.75. The predicted molar refractivity (Wildman–Crippen MR) is 71.4 cm³/mol. The molecule has 0 radical (unpaired) electrons. The smallest absolute Gasteiger partial charge is 0.243 e. The Balaban J connectivity index is 3.01. The number of sulfonamides is 1. The van der Waals surface area contributed by atoms with Gasteiger partial charge in [0.2, 0.25) is 10.0 Å². The number of nitrogens with two attached hydrogens (primary N) is 1. The van der Waals surface area contributed by atoms with Crippen LogP contribution in [0.3, 0.4) is 0 Å². The molecule has 96 valence electrons. The maximum absolute atomic E-state index is 12.0. The summed E-state index contributed by atoms with van der Waals surface area (Å²) in [6, 6.07) is 1.64. The fourth-order valence-corrected chi connectivity index (χ4v) is 3.41. The molecule has 0 saturated carbocycles. The van der Waals surface area contributed by atoms with Crippen molar-refractivity contribution in [3.8, 4) is 0 Å². The van der Waals surface area contributed by atoms with E-state index < -0.39 is 15.3 Å². The number of aromatic nitrogens is 2. The van der Waals surface area contributed by atoms with Gasteiger partial charge >= 0.3 is 0 Å². The second-order valence-electron chi connectivity index (χ2n) is 3.74. The minimum Gasteiger partial charge on any atom is -0.392 e. The number of anilines is 1. The maximum Gasteiger partial charge on any atom is 0.243 e. The van der Waals surface area contributed by atoms with Gasteiger partial charge in [0.15, 0.2) is 0 Å². The van der Waals surface area contributed by atoms with Crippen molar-refractivity contribution in [1.82, 2.24) is 9.78 Å². The van der Waals surface area contributed by atoms with Crippen LogP contribution in [0.4, 0.5) is 5.82 Å². The second kappa shape index (κ2) is 5.01. The zero-order chi connectivity index (χ0) is 13.2. The normalized spacial score (nSPS) is 13.4. The van der Waals surface area contributed by atoms with Crippen molar-refractivity contribution in [2.75, 3.05) is 4.72 Å². The van der Waals surface area contributed by atoms with Crippen LogP contribution in [0.5, 0.6) is 0 Å². The summed E-state index contributed by atoms with van der Waals surface area (Å²) in [4.78, 5) is -0.0288. The van der Waals surface area contributed by atoms with Gasteiger partial charge in [-0.15, -0.1) is 0 Å². The van der Waals surface area contributed by atoms with Crippen LogP contribution in [0.15, 0.2) is 6.07 Å². The van der Waals surface area contributed by atoms with Crippen LogP contribution >= 0.6 is 12.2 Å². The van der Waals surface area contributed by atoms with E-state index in [2.05, 4.69) is 9.82 Å². The molecule has 0 fully saturated rings. The molecule has 0 aliphatic carbocycles. The van der Waals surface area contributed by atoms with Crippen LogP contribution < -0.4 is 10.5 Å². The van der Waals surface area contributed by atoms with Crippen molar-refractivity contribution >= 4 is 33.0 Å². The molecule has 1 heterocycles. The van der Waals surface area contributed by atoms with Gasteiger partial charge in [-0.1, -0.05) is 19.1 Å². The average Bonchev–Trinajstić information content (AvgIpc) is 2.43. The van der Waals surface area contributed by atoms with E-state index in [0.29, 0.717) is 12.2 Å². The SMILES string of the molecule is CCC(C(N)=S)S(=O)(=O)Nc1cc(C)nn1C. The fraction of sp³-hybridized carbons (Fsp3) is 0.556. The maximum atomic E-state index is 12.0. The number of hydrogen-bond acceptors (Lipinski definition) is 4. The molecule has 0 aliphatic heterocycles. The van der Waals surface area contributed by atoms with E-state index in [0.717, 1.165) is 5.69 Å². The zero-order valence-corrected chi connectivity index (χ0v) is 11.6. The monoisotopic (exact) mass is 276 g/mol. The molecule has 0 bridgehead atoms. The lowest BCUT2D eigenvalue weighted by molar-refractivity contribution is 0.593. The molecule has 1 rings (SSSR count). The molecule has 3 N–H and O–H groups in total. The predicted octanol–water partition coefficient (Wildman–Crippen LogP) is 0.535. The number of rotatable bonds is 5. The Labute approximate surface area is 106 Å². The number of hydrogen-bond donors (Lipinski definition) is 2. The van der Waals surface area contributed by atoms with Gasteiger partial charge in [0, 0.05) is 13.1 Å². The van der Waals surface area contributed by atoms with E-state index in [4.69, 9.17) is 18.0 Å². The summed E-state index contributed by atoms with van der Waals surface area (Å²) in [5.41, 5.74) is 6.15. The summed E-state index contributed by atoms with van der Waals surface area (Å²) in [5, 5.41) is 3.18. The van der Waals surface area contributed by atoms with Crippen LogP contribution in [-0.4, -0.2) is 28.4 Å². The Hall–Kier alpha value is -1.15. The number of nitrogens with zero attached hydrogens (tertiary/aromatic N) is 2. The lowest BCUT2D eigenvalue weighted by Crippen LogP contribution is -2.38. The van der Waals surface area contributed by atoms with Crippen molar-refractivity contribution in [3.63, 3.8) is 0 Å². The summed E-state index contributed by atoms with van der Waals surface area (Å²) in [6.07, 6.45) is 0.335. The molecular weight excluding hydrogens is 260 g/mol. The first-order valence-corrected chi connectivity index (χ1v) is 7.05. The van der Waals surface area contributed by atoms with Crippen LogP contribution in [0, 0.1) is 6.92 Å². The van der Waals surface area contributed by atoms with E-state index in [9.17, 15) is 8.42 Å². The van der Waals surface area contributed by atoms with Crippen LogP contribution in [0.1, 0.15) is 19.0 Å². The van der Waals surface area contributed by atoms with Crippen molar-refractivity contribution in [3.05, 3.63) is 11.8 Å². The Morgan fingerprint density at radius 2 is 2.29 bits per heavy atom. The third kappa shape index (κ3) is 3.16. The third-order valence-corrected chi connectivity index (χ3v) is 4.58. The summed E-state index contributed by atoms with van der Waals surface area (Å²) in [5.74, 6) is 0.400. The first kappa shape index (κ1) is 13.9. The lowest BCUT2D eigenvalue weighted by atomic mass is 10.3. The van der Waals surface area contributed by atoms with Crippen molar-refractivity contribution in [2.24, 2.45) is 12.8 Å². The number of thiocarbonyl (C=S) groups is 1. The standard InChI is InChI=1S/C9H16N4O2S2/c1-4-7(9(10)16)17(14,15)12-8-5-6(2)11-13(8)3/h5,7,12H,4H2,1-3H3,(H2,10,16). The minimum absolute atomic E-state index is 0.0288. The van der Waals surface area contributed by atoms with Gasteiger partial charge in [-0.25, -0.2) is 8.42 Å². The molecule has 8 heteroatoms. The Morgan fingerprint density at radius 3 is 2.65 bits per heavy atom. The average molecular weight is 276 g/mol. The quantitative estimate of drug-likeness (QED) is 0.766. The molecule has 1 aromatic heterocycles. The van der Waals surface area contributed by atoms with Gasteiger partial charge in [0.1, 0.15) is 11.1 Å². The molecule has 1 aromatic rings. The van der Waals surface area contributed by atoms with Crippen molar-refractivity contribution in [1.29, 1.82) is 0 Å². The second-order valence-corrected chi connectivity index (χ2v) is 6.08. The van der Waals surface area contributed by atoms with Gasteiger partial charge in [-0.3, -0.25) is 9.40 Å². The Morgan fingerprint density at radius 1 is 1.71 bits per heavy atom. The summed E-state index contributed by atoms with van der Waals surface area (Å²) in [6.45, 7) is 3.50. The first-order valence-electron chi connectivity index (χ1n) is 5.09. The molecular formula is C9H16N4O2S2. The highest BCUT2D eigenvalue weighted by Crippen LogP contribution is 2.14. The molecule has 0 spiro atoms. The third-order valence-electron chi connectivity index (χ3n) is 2.31. The first-order chi connectivity index (χ1) is 7.77. The zero-order valence-electron chi connectivity index (χ0n) is 9.97. The van der Waals surface area contributed by atoms with E-state index in [1.807, 2.05) is 0 Å². The van der Waals surface area contributed by atoms with Crippen LogP contribution in [0.25, 0.3) is 0 Å². The topological polar surface area (TPSA) is 90.0 Å². The summed E-state index contributed by atoms with van der Waals surface area (Å²) in [7, 11) is -1.95. The van der Waals surface area contributed by atoms with Crippen molar-refractivity contribution < 1.29 is 8.42 Å². The fourth-order valence-electron chi connectivity index (χ4n) is 1.50. The number of nitrogens with one attached hydrogen (secondary N) is 1. The van der Waals surface area contributed by atoms with Crippen LogP contribution in [0.2, 0.25) is 0 Å². The highest BCUT2D eigenvalue weighted by atomic mass is 32.2. The molecule has 17 heavy (non-hydrogen) atoms. The molecule has 0 aliphatic rings. The van der Waals surface area contributed by atoms with Gasteiger partial charge in [-0.05, 0) is 13.3 Å². The Kier molecular flexibility index (Phi) is 4.10. The molecule has 0 aromatic carbocycles. The van der Waals surface area contributed by atoms with E-state index in [1.165, 1.54) is 4.68 Å². The molecule has 6 nitrogen and oxygen atoms in total. The highest BCUT2D eigenvalue weighted by Gasteiger charge is 2.27. The van der Waals surface area contributed by atoms with Gasteiger partial charge in [0.25, 0.3) is 0 Å². The van der Waals surface area contributed by atoms with E-state index in [-0.39, 0.29) is 4.99 Å². The summed E-state index contributed by atoms with van der Waals surface area (Å²) < 4.78 is 27.9. The largest absolute Gasteiger partial charge is 0.392 e. The van der Waals surface area contributed by atoms with Gasteiger partial charge in [-0.2, -0.15) is 5.10 Å². The Bertz CT molecular complexity index is 521. The van der Waals surface area contributed by atoms with Crippen LogP contribution in [-0.2, 0) is 17.1 Å². The number of aryl methyl sites for hydroxylation is 2. The molecule has 1 atom stereocenters. The molecule has 0 amide bonds.